The summed E-state index contributed by atoms with van der Waals surface area (Å²) < 4.78 is 7.47. The summed E-state index contributed by atoms with van der Waals surface area (Å²) in [5, 5.41) is 2.86. The third kappa shape index (κ3) is 2.86. The molecule has 1 aliphatic carbocycles. The molecule has 5 heteroatoms. The molecule has 92 valence electrons. The van der Waals surface area contributed by atoms with Gasteiger partial charge in [-0.25, -0.2) is 4.79 Å². The van der Waals surface area contributed by atoms with Crippen LogP contribution in [0.15, 0.2) is 0 Å². The van der Waals surface area contributed by atoms with E-state index in [1.807, 2.05) is 20.8 Å². The summed E-state index contributed by atoms with van der Waals surface area (Å²) in [5.74, 6) is 2.24. The molecule has 2 aliphatic rings. The third-order valence-corrected chi connectivity index (χ3v) is 3.70. The number of alkyl carbamates (subject to hydrolysis) is 1. The van der Waals surface area contributed by atoms with Crippen LogP contribution in [-0.4, -0.2) is 36.0 Å². The van der Waals surface area contributed by atoms with Gasteiger partial charge in [0.2, 0.25) is 0 Å². The van der Waals surface area contributed by atoms with Crippen molar-refractivity contribution in [1.82, 2.24) is 9.99 Å². The molecule has 2 unspecified atom stereocenters. The Morgan fingerprint density at radius 2 is 2.00 bits per heavy atom. The van der Waals surface area contributed by atoms with Gasteiger partial charge >= 0.3 is 6.09 Å². The molecule has 16 heavy (non-hydrogen) atoms. The Kier molecular flexibility index (Phi) is 3.15. The first-order chi connectivity index (χ1) is 7.37. The predicted octanol–water partition coefficient (Wildman–Crippen LogP) is 1.48. The van der Waals surface area contributed by atoms with Crippen molar-refractivity contribution in [2.45, 2.75) is 26.4 Å². The molecule has 1 aliphatic heterocycles. The molecule has 0 spiro atoms. The van der Waals surface area contributed by atoms with Gasteiger partial charge in [-0.1, -0.05) is 9.39 Å². The predicted molar refractivity (Wildman–Crippen MR) is 66.0 cm³/mol. The van der Waals surface area contributed by atoms with Crippen LogP contribution in [0.3, 0.4) is 0 Å². The lowest BCUT2D eigenvalue weighted by Gasteiger charge is -2.20. The van der Waals surface area contributed by atoms with Crippen molar-refractivity contribution in [1.29, 1.82) is 0 Å². The van der Waals surface area contributed by atoms with Crippen LogP contribution in [0.2, 0.25) is 0 Å². The fourth-order valence-electron chi connectivity index (χ4n) is 2.50. The Balaban J connectivity index is 1.65. The van der Waals surface area contributed by atoms with E-state index in [0.29, 0.717) is 5.92 Å². The van der Waals surface area contributed by atoms with Crippen LogP contribution in [0.25, 0.3) is 0 Å². The van der Waals surface area contributed by atoms with E-state index >= 15 is 0 Å². The number of nitrogens with one attached hydrogen (secondary N) is 1. The smallest absolute Gasteiger partial charge is 0.407 e. The average molecular weight is 244 g/mol. The molecule has 4 atom stereocenters. The standard InChI is InChI=1S/C11H21N2O2P/c1-11(2,3)15-10(14)12-4-7-8-5-13(16)6-9(7)8/h7-9H,4-6,16H2,1-3H3,(H,12,14)/t7?,8-,9+. The van der Waals surface area contributed by atoms with Gasteiger partial charge in [-0.3, -0.25) is 4.67 Å². The van der Waals surface area contributed by atoms with Crippen molar-refractivity contribution in [2.24, 2.45) is 17.8 Å². The molecule has 1 N–H and O–H groups in total. The lowest BCUT2D eigenvalue weighted by Crippen LogP contribution is -2.34. The topological polar surface area (TPSA) is 41.6 Å². The van der Waals surface area contributed by atoms with E-state index in [-0.39, 0.29) is 6.09 Å². The van der Waals surface area contributed by atoms with E-state index in [1.165, 1.54) is 0 Å². The molecule has 4 nitrogen and oxygen atoms in total. The normalized spacial score (nSPS) is 33.4. The molecular weight excluding hydrogens is 223 g/mol. The first-order valence-electron chi connectivity index (χ1n) is 5.83. The zero-order valence-electron chi connectivity index (χ0n) is 10.2. The van der Waals surface area contributed by atoms with Crippen LogP contribution < -0.4 is 5.32 Å². The number of carbonyl (C=O) groups is 1. The fraction of sp³-hybridized carbons (Fsp3) is 0.909. The third-order valence-electron chi connectivity index (χ3n) is 3.28. The lowest BCUT2D eigenvalue weighted by atomic mass is 10.2. The second-order valence-corrected chi connectivity index (χ2v) is 6.56. The van der Waals surface area contributed by atoms with E-state index in [1.54, 1.807) is 0 Å². The van der Waals surface area contributed by atoms with Gasteiger partial charge in [-0.2, -0.15) is 0 Å². The molecule has 0 aromatic rings. The maximum absolute atomic E-state index is 11.4. The minimum atomic E-state index is -0.402. The Morgan fingerprint density at radius 1 is 1.44 bits per heavy atom. The van der Waals surface area contributed by atoms with Crippen LogP contribution in [-0.2, 0) is 4.74 Å². The number of hydrogen-bond acceptors (Lipinski definition) is 3. The molecule has 0 aromatic heterocycles. The van der Waals surface area contributed by atoms with E-state index in [9.17, 15) is 4.79 Å². The van der Waals surface area contributed by atoms with Crippen LogP contribution in [0.5, 0.6) is 0 Å². The first kappa shape index (κ1) is 12.1. The van der Waals surface area contributed by atoms with Crippen molar-refractivity contribution in [3.8, 4) is 0 Å². The van der Waals surface area contributed by atoms with E-state index in [4.69, 9.17) is 4.74 Å². The monoisotopic (exact) mass is 244 g/mol. The molecule has 1 heterocycles. The van der Waals surface area contributed by atoms with Crippen LogP contribution >= 0.6 is 9.39 Å². The summed E-state index contributed by atoms with van der Waals surface area (Å²) in [7, 11) is 2.74. The van der Waals surface area contributed by atoms with Crippen molar-refractivity contribution in [3.63, 3.8) is 0 Å². The fourth-order valence-corrected chi connectivity index (χ4v) is 2.99. The largest absolute Gasteiger partial charge is 0.444 e. The number of carbonyl (C=O) groups excluding carboxylic acids is 1. The Bertz CT molecular complexity index is 278. The highest BCUT2D eigenvalue weighted by Crippen LogP contribution is 2.51. The highest BCUT2D eigenvalue weighted by Gasteiger charge is 2.54. The molecule has 2 fully saturated rings. The highest BCUT2D eigenvalue weighted by molar-refractivity contribution is 7.13. The zero-order chi connectivity index (χ0) is 11.9. The van der Waals surface area contributed by atoms with Gasteiger partial charge in [0.05, 0.1) is 0 Å². The number of piperidine rings is 1. The SMILES string of the molecule is CC(C)(C)OC(=O)NCC1[C@H]2CN(P)C[C@@H]12. The minimum absolute atomic E-state index is 0.291. The number of rotatable bonds is 2. The van der Waals surface area contributed by atoms with Gasteiger partial charge in [-0.05, 0) is 38.5 Å². The molecule has 1 amide bonds. The number of ether oxygens (including phenoxy) is 1. The highest BCUT2D eigenvalue weighted by atomic mass is 31.0. The molecule has 1 saturated carbocycles. The van der Waals surface area contributed by atoms with Gasteiger partial charge in [-0.15, -0.1) is 0 Å². The summed E-state index contributed by atoms with van der Waals surface area (Å²) in [4.78, 5) is 11.4. The van der Waals surface area contributed by atoms with Crippen LogP contribution in [0.1, 0.15) is 20.8 Å². The summed E-state index contributed by atoms with van der Waals surface area (Å²) in [6.45, 7) is 8.70. The number of hydrogen-bond donors (Lipinski definition) is 1. The summed E-state index contributed by atoms with van der Waals surface area (Å²) in [6.07, 6.45) is -0.291. The molecule has 1 saturated heterocycles. The van der Waals surface area contributed by atoms with E-state index in [2.05, 4.69) is 19.4 Å². The molecular formula is C11H21N2O2P. The Labute approximate surface area is 99.3 Å². The molecule has 0 radical (unpaired) electrons. The van der Waals surface area contributed by atoms with Crippen LogP contribution in [0, 0.1) is 17.8 Å². The second-order valence-electron chi connectivity index (χ2n) is 5.83. The van der Waals surface area contributed by atoms with Crippen molar-refractivity contribution < 1.29 is 9.53 Å². The summed E-state index contributed by atoms with van der Waals surface area (Å²) in [6, 6.07) is 0. The Hall–Kier alpha value is -0.340. The lowest BCUT2D eigenvalue weighted by molar-refractivity contribution is 0.0523. The van der Waals surface area contributed by atoms with Gasteiger partial charge in [0.25, 0.3) is 0 Å². The van der Waals surface area contributed by atoms with Crippen molar-refractivity contribution >= 4 is 15.5 Å². The van der Waals surface area contributed by atoms with Crippen molar-refractivity contribution in [3.05, 3.63) is 0 Å². The summed E-state index contributed by atoms with van der Waals surface area (Å²) >= 11 is 0. The second kappa shape index (κ2) is 4.15. The Morgan fingerprint density at radius 3 is 2.50 bits per heavy atom. The maximum Gasteiger partial charge on any atom is 0.407 e. The van der Waals surface area contributed by atoms with E-state index in [0.717, 1.165) is 31.5 Å². The molecule has 2 rings (SSSR count). The van der Waals surface area contributed by atoms with E-state index < -0.39 is 5.60 Å². The van der Waals surface area contributed by atoms with Gasteiger partial charge in [0.15, 0.2) is 0 Å². The van der Waals surface area contributed by atoms with Gasteiger partial charge < -0.3 is 10.1 Å². The zero-order valence-corrected chi connectivity index (χ0v) is 11.3. The first-order valence-corrected chi connectivity index (χ1v) is 6.35. The average Bonchev–Trinajstić information content (AvgIpc) is 2.54. The quantitative estimate of drug-likeness (QED) is 0.748. The number of amides is 1. The van der Waals surface area contributed by atoms with Gasteiger partial charge in [0, 0.05) is 19.6 Å². The summed E-state index contributed by atoms with van der Waals surface area (Å²) in [5.41, 5.74) is -0.402. The molecule has 0 bridgehead atoms. The van der Waals surface area contributed by atoms with Gasteiger partial charge in [0.1, 0.15) is 5.60 Å². The van der Waals surface area contributed by atoms with Crippen LogP contribution in [0.4, 0.5) is 4.79 Å². The number of fused-ring (bicyclic) bond motifs is 1. The molecule has 0 aromatic carbocycles. The minimum Gasteiger partial charge on any atom is -0.444 e. The maximum atomic E-state index is 11.4. The van der Waals surface area contributed by atoms with Crippen molar-refractivity contribution in [2.75, 3.05) is 19.6 Å². The number of nitrogens with zero attached hydrogens (tertiary/aromatic N) is 1.